The molecule has 2 aromatic carbocycles. The fraction of sp³-hybridized carbons (Fsp3) is 0.211. The Kier molecular flexibility index (Phi) is 5.46. The van der Waals surface area contributed by atoms with E-state index < -0.39 is 6.03 Å². The molecule has 4 amide bonds. The van der Waals surface area contributed by atoms with E-state index in [1.165, 1.54) is 11.0 Å². The average Bonchev–Trinajstić information content (AvgIpc) is 2.85. The number of fused-ring (bicyclic) bond motifs is 1. The monoisotopic (exact) mass is 431 g/mol. The van der Waals surface area contributed by atoms with Crippen LogP contribution >= 0.6 is 15.9 Å². The zero-order valence-electron chi connectivity index (χ0n) is 14.6. The molecule has 140 valence electrons. The van der Waals surface area contributed by atoms with Crippen LogP contribution in [0.15, 0.2) is 40.9 Å². The molecule has 1 aliphatic heterocycles. The molecule has 27 heavy (non-hydrogen) atoms. The second-order valence-electron chi connectivity index (χ2n) is 6.19. The van der Waals surface area contributed by atoms with Crippen molar-refractivity contribution in [1.82, 2.24) is 10.2 Å². The number of urea groups is 1. The van der Waals surface area contributed by atoms with Crippen molar-refractivity contribution >= 4 is 39.5 Å². The normalized spacial score (nSPS) is 12.9. The molecule has 0 unspecified atom stereocenters. The van der Waals surface area contributed by atoms with E-state index in [0.717, 1.165) is 10.0 Å². The minimum Gasteiger partial charge on any atom is -0.508 e. The van der Waals surface area contributed by atoms with Gasteiger partial charge in [0.05, 0.1) is 11.1 Å². The predicted molar refractivity (Wildman–Crippen MR) is 104 cm³/mol. The minimum absolute atomic E-state index is 0.131. The molecule has 0 bridgehead atoms. The fourth-order valence-corrected chi connectivity index (χ4v) is 3.22. The summed E-state index contributed by atoms with van der Waals surface area (Å²) in [6.07, 6.45) is 0.439. The maximum Gasteiger partial charge on any atom is 0.319 e. The summed E-state index contributed by atoms with van der Waals surface area (Å²) in [5.74, 6) is -0.501. The van der Waals surface area contributed by atoms with Crippen molar-refractivity contribution in [3.05, 3.63) is 57.6 Å². The number of carbonyl (C=O) groups excluding carboxylic acids is 3. The lowest BCUT2D eigenvalue weighted by Crippen LogP contribution is -2.35. The number of phenols is 1. The number of rotatable bonds is 5. The summed E-state index contributed by atoms with van der Waals surface area (Å²) in [5, 5.41) is 14.8. The number of hydrogen-bond donors (Lipinski definition) is 3. The molecule has 3 N–H and O–H groups in total. The van der Waals surface area contributed by atoms with Crippen LogP contribution in [-0.4, -0.2) is 40.9 Å². The Bertz CT molecular complexity index is 929. The summed E-state index contributed by atoms with van der Waals surface area (Å²) in [7, 11) is 0. The molecule has 0 saturated heterocycles. The third-order valence-corrected chi connectivity index (χ3v) is 4.73. The van der Waals surface area contributed by atoms with Gasteiger partial charge in [0.15, 0.2) is 0 Å². The number of benzene rings is 2. The van der Waals surface area contributed by atoms with Gasteiger partial charge < -0.3 is 15.7 Å². The van der Waals surface area contributed by atoms with E-state index in [1.54, 1.807) is 37.3 Å². The van der Waals surface area contributed by atoms with Crippen LogP contribution in [0, 0.1) is 6.92 Å². The largest absolute Gasteiger partial charge is 0.508 e. The smallest absolute Gasteiger partial charge is 0.319 e. The van der Waals surface area contributed by atoms with Crippen molar-refractivity contribution in [2.75, 3.05) is 18.4 Å². The molecule has 0 fully saturated rings. The minimum atomic E-state index is -0.393. The first kappa shape index (κ1) is 18.9. The molecule has 2 aromatic rings. The van der Waals surface area contributed by atoms with Crippen molar-refractivity contribution in [2.45, 2.75) is 13.3 Å². The Labute approximate surface area is 164 Å². The summed E-state index contributed by atoms with van der Waals surface area (Å²) < 4.78 is 0.743. The number of amides is 4. The number of carbonyl (C=O) groups is 3. The maximum absolute atomic E-state index is 12.4. The van der Waals surface area contributed by atoms with Crippen LogP contribution in [0.2, 0.25) is 0 Å². The van der Waals surface area contributed by atoms with Crippen LogP contribution < -0.4 is 10.6 Å². The number of halogens is 1. The Morgan fingerprint density at radius 2 is 1.85 bits per heavy atom. The second kappa shape index (κ2) is 7.79. The summed E-state index contributed by atoms with van der Waals surface area (Å²) in [4.78, 5) is 37.8. The van der Waals surface area contributed by atoms with Gasteiger partial charge in [-0.1, -0.05) is 15.9 Å². The molecule has 7 nitrogen and oxygen atoms in total. The van der Waals surface area contributed by atoms with Gasteiger partial charge in [-0.2, -0.15) is 0 Å². The van der Waals surface area contributed by atoms with E-state index in [9.17, 15) is 19.5 Å². The van der Waals surface area contributed by atoms with Crippen molar-refractivity contribution in [1.29, 1.82) is 0 Å². The van der Waals surface area contributed by atoms with Crippen LogP contribution in [0.3, 0.4) is 0 Å². The first-order valence-corrected chi connectivity index (χ1v) is 9.16. The van der Waals surface area contributed by atoms with E-state index in [1.807, 2.05) is 0 Å². The lowest BCUT2D eigenvalue weighted by molar-refractivity contribution is 0.0653. The predicted octanol–water partition coefficient (Wildman–Crippen LogP) is 3.27. The van der Waals surface area contributed by atoms with Crippen molar-refractivity contribution < 1.29 is 19.5 Å². The van der Waals surface area contributed by atoms with Gasteiger partial charge in [0.25, 0.3) is 11.8 Å². The molecular formula is C19H18BrN3O4. The number of imide groups is 1. The van der Waals surface area contributed by atoms with Gasteiger partial charge in [0.2, 0.25) is 0 Å². The molecule has 3 rings (SSSR count). The van der Waals surface area contributed by atoms with Crippen molar-refractivity contribution in [3.8, 4) is 5.75 Å². The van der Waals surface area contributed by atoms with Crippen LogP contribution in [-0.2, 0) is 0 Å². The van der Waals surface area contributed by atoms with Crippen LogP contribution in [0.5, 0.6) is 5.75 Å². The molecule has 0 aromatic heterocycles. The van der Waals surface area contributed by atoms with Gasteiger partial charge in [-0.05, 0) is 55.3 Å². The maximum atomic E-state index is 12.4. The summed E-state index contributed by atoms with van der Waals surface area (Å²) in [5.41, 5.74) is 2.12. The first-order valence-electron chi connectivity index (χ1n) is 8.37. The van der Waals surface area contributed by atoms with E-state index in [4.69, 9.17) is 0 Å². The quantitative estimate of drug-likeness (QED) is 0.384. The number of aromatic hydroxyl groups is 1. The summed E-state index contributed by atoms with van der Waals surface area (Å²) >= 11 is 3.30. The molecule has 1 aliphatic rings. The number of nitrogens with one attached hydrogen (secondary N) is 2. The molecule has 0 atom stereocenters. The SMILES string of the molecule is Cc1cc(O)ccc1NC(=O)NCCCN1C(=O)c2ccc(Br)cc2C1=O. The van der Waals surface area contributed by atoms with Gasteiger partial charge in [-0.25, -0.2) is 4.79 Å². The number of nitrogens with zero attached hydrogens (tertiary/aromatic N) is 1. The highest BCUT2D eigenvalue weighted by molar-refractivity contribution is 9.10. The average molecular weight is 432 g/mol. The van der Waals surface area contributed by atoms with Crippen molar-refractivity contribution in [2.24, 2.45) is 0 Å². The van der Waals surface area contributed by atoms with Crippen molar-refractivity contribution in [3.63, 3.8) is 0 Å². The highest BCUT2D eigenvalue weighted by Crippen LogP contribution is 2.26. The van der Waals surface area contributed by atoms with Gasteiger partial charge in [-0.3, -0.25) is 14.5 Å². The Morgan fingerprint density at radius 3 is 2.59 bits per heavy atom. The lowest BCUT2D eigenvalue weighted by atomic mass is 10.1. The molecule has 0 saturated carbocycles. The third-order valence-electron chi connectivity index (χ3n) is 4.23. The van der Waals surface area contributed by atoms with Gasteiger partial charge in [-0.15, -0.1) is 0 Å². The summed E-state index contributed by atoms with van der Waals surface area (Å²) in [6.45, 7) is 2.30. The molecular weight excluding hydrogens is 414 g/mol. The topological polar surface area (TPSA) is 98.7 Å². The Hall–Kier alpha value is -2.87. The molecule has 8 heteroatoms. The van der Waals surface area contributed by atoms with Gasteiger partial charge in [0.1, 0.15) is 5.75 Å². The molecule has 0 radical (unpaired) electrons. The fourth-order valence-electron chi connectivity index (χ4n) is 2.86. The number of hydrogen-bond acceptors (Lipinski definition) is 4. The molecule has 1 heterocycles. The van der Waals surface area contributed by atoms with E-state index in [0.29, 0.717) is 29.8 Å². The molecule has 0 spiro atoms. The van der Waals surface area contributed by atoms with E-state index in [2.05, 4.69) is 26.6 Å². The van der Waals surface area contributed by atoms with E-state index in [-0.39, 0.29) is 24.1 Å². The number of aryl methyl sites for hydroxylation is 1. The Morgan fingerprint density at radius 1 is 1.11 bits per heavy atom. The highest BCUT2D eigenvalue weighted by atomic mass is 79.9. The van der Waals surface area contributed by atoms with Crippen LogP contribution in [0.25, 0.3) is 0 Å². The van der Waals surface area contributed by atoms with E-state index >= 15 is 0 Å². The summed E-state index contributed by atoms with van der Waals surface area (Å²) in [6, 6.07) is 9.26. The molecule has 0 aliphatic carbocycles. The first-order chi connectivity index (χ1) is 12.9. The Balaban J connectivity index is 1.48. The number of anilines is 1. The third kappa shape index (κ3) is 4.11. The highest BCUT2D eigenvalue weighted by Gasteiger charge is 2.34. The lowest BCUT2D eigenvalue weighted by Gasteiger charge is -2.14. The second-order valence-corrected chi connectivity index (χ2v) is 7.10. The standard InChI is InChI=1S/C19H18BrN3O4/c1-11-9-13(24)4-6-16(11)22-19(27)21-7-2-8-23-17(25)14-5-3-12(20)10-15(14)18(23)26/h3-6,9-10,24H,2,7-8H2,1H3,(H2,21,22,27). The number of phenolic OH excluding ortho intramolecular Hbond substituents is 1. The zero-order valence-corrected chi connectivity index (χ0v) is 16.2. The van der Waals surface area contributed by atoms with Crippen LogP contribution in [0.1, 0.15) is 32.7 Å². The zero-order chi connectivity index (χ0) is 19.6. The van der Waals surface area contributed by atoms with Gasteiger partial charge >= 0.3 is 6.03 Å². The van der Waals surface area contributed by atoms with Crippen LogP contribution in [0.4, 0.5) is 10.5 Å². The van der Waals surface area contributed by atoms with Gasteiger partial charge in [0, 0.05) is 23.2 Å².